The maximum absolute atomic E-state index is 5.50. The first-order valence-corrected chi connectivity index (χ1v) is 3.94. The SMILES string of the molecule is CN=C(N)Sc1ccncc1. The van der Waals surface area contributed by atoms with Gasteiger partial charge in [0.25, 0.3) is 0 Å². The van der Waals surface area contributed by atoms with Crippen LogP contribution in [0.15, 0.2) is 34.4 Å². The molecule has 0 atom stereocenters. The summed E-state index contributed by atoms with van der Waals surface area (Å²) in [5.74, 6) is 0. The molecule has 0 bridgehead atoms. The van der Waals surface area contributed by atoms with Gasteiger partial charge in [-0.05, 0) is 12.1 Å². The Morgan fingerprint density at radius 3 is 2.73 bits per heavy atom. The largest absolute Gasteiger partial charge is 0.378 e. The molecule has 0 aromatic carbocycles. The smallest absolute Gasteiger partial charge is 0.158 e. The quantitative estimate of drug-likeness (QED) is 0.387. The summed E-state index contributed by atoms with van der Waals surface area (Å²) in [6.45, 7) is 0. The van der Waals surface area contributed by atoms with Crippen molar-refractivity contribution in [2.24, 2.45) is 10.7 Å². The summed E-state index contributed by atoms with van der Waals surface area (Å²) in [7, 11) is 1.67. The lowest BCUT2D eigenvalue weighted by Gasteiger charge is -1.96. The Morgan fingerprint density at radius 2 is 2.18 bits per heavy atom. The van der Waals surface area contributed by atoms with Gasteiger partial charge in [0.05, 0.1) is 0 Å². The Labute approximate surface area is 69.7 Å². The van der Waals surface area contributed by atoms with Crippen molar-refractivity contribution in [3.8, 4) is 0 Å². The van der Waals surface area contributed by atoms with E-state index >= 15 is 0 Å². The van der Waals surface area contributed by atoms with Crippen molar-refractivity contribution in [1.82, 2.24) is 4.98 Å². The van der Waals surface area contributed by atoms with Gasteiger partial charge >= 0.3 is 0 Å². The monoisotopic (exact) mass is 167 g/mol. The van der Waals surface area contributed by atoms with Crippen molar-refractivity contribution in [1.29, 1.82) is 0 Å². The lowest BCUT2D eigenvalue weighted by atomic mass is 10.5. The van der Waals surface area contributed by atoms with Gasteiger partial charge in [0.15, 0.2) is 5.17 Å². The molecule has 11 heavy (non-hydrogen) atoms. The van der Waals surface area contributed by atoms with Crippen molar-refractivity contribution in [3.05, 3.63) is 24.5 Å². The van der Waals surface area contributed by atoms with Crippen LogP contribution in [0, 0.1) is 0 Å². The van der Waals surface area contributed by atoms with Gasteiger partial charge in [0.1, 0.15) is 0 Å². The van der Waals surface area contributed by atoms with E-state index in [1.807, 2.05) is 12.1 Å². The second-order valence-electron chi connectivity index (χ2n) is 1.85. The topological polar surface area (TPSA) is 51.3 Å². The molecule has 2 N–H and O–H groups in total. The molecule has 0 aliphatic heterocycles. The zero-order valence-corrected chi connectivity index (χ0v) is 7.01. The summed E-state index contributed by atoms with van der Waals surface area (Å²) in [4.78, 5) is 8.76. The molecule has 0 unspecified atom stereocenters. The fourth-order valence-corrected chi connectivity index (χ4v) is 1.16. The molecule has 0 spiro atoms. The summed E-state index contributed by atoms with van der Waals surface area (Å²) < 4.78 is 0. The highest BCUT2D eigenvalue weighted by Gasteiger charge is 1.93. The number of thioether (sulfide) groups is 1. The predicted molar refractivity (Wildman–Crippen MR) is 47.6 cm³/mol. The third-order valence-corrected chi connectivity index (χ3v) is 1.99. The van der Waals surface area contributed by atoms with Crippen LogP contribution in [0.5, 0.6) is 0 Å². The molecule has 1 heterocycles. The predicted octanol–water partition coefficient (Wildman–Crippen LogP) is 1.12. The van der Waals surface area contributed by atoms with E-state index in [0.29, 0.717) is 5.17 Å². The molecule has 1 aromatic rings. The summed E-state index contributed by atoms with van der Waals surface area (Å²) >= 11 is 1.43. The average molecular weight is 167 g/mol. The summed E-state index contributed by atoms with van der Waals surface area (Å²) in [5.41, 5.74) is 5.50. The summed E-state index contributed by atoms with van der Waals surface area (Å²) in [6, 6.07) is 3.78. The number of aromatic nitrogens is 1. The number of aliphatic imine (C=N–C) groups is 1. The highest BCUT2D eigenvalue weighted by atomic mass is 32.2. The molecule has 0 amide bonds. The zero-order chi connectivity index (χ0) is 8.10. The van der Waals surface area contributed by atoms with E-state index in [1.54, 1.807) is 19.4 Å². The Balaban J connectivity index is 2.65. The Hall–Kier alpha value is -1.03. The minimum absolute atomic E-state index is 0.566. The first-order valence-electron chi connectivity index (χ1n) is 3.13. The standard InChI is InChI=1S/C7H9N3S/c1-9-7(8)11-6-2-4-10-5-3-6/h2-5H,1H3,(H2,8,9). The van der Waals surface area contributed by atoms with Crippen molar-refractivity contribution >= 4 is 16.9 Å². The van der Waals surface area contributed by atoms with E-state index in [1.165, 1.54) is 11.8 Å². The van der Waals surface area contributed by atoms with Crippen LogP contribution in [0.3, 0.4) is 0 Å². The third kappa shape index (κ3) is 2.59. The Bertz CT molecular complexity index is 245. The second-order valence-corrected chi connectivity index (χ2v) is 2.94. The van der Waals surface area contributed by atoms with Crippen LogP contribution in [-0.2, 0) is 0 Å². The first kappa shape index (κ1) is 8.07. The lowest BCUT2D eigenvalue weighted by molar-refractivity contribution is 1.27. The molecule has 0 radical (unpaired) electrons. The zero-order valence-electron chi connectivity index (χ0n) is 6.19. The van der Waals surface area contributed by atoms with Crippen LogP contribution in [0.4, 0.5) is 0 Å². The van der Waals surface area contributed by atoms with Gasteiger partial charge in [-0.25, -0.2) is 0 Å². The highest BCUT2D eigenvalue weighted by Crippen LogP contribution is 2.15. The number of pyridine rings is 1. The van der Waals surface area contributed by atoms with Gasteiger partial charge in [-0.3, -0.25) is 9.98 Å². The van der Waals surface area contributed by atoms with Crippen LogP contribution in [0.1, 0.15) is 0 Å². The van der Waals surface area contributed by atoms with Gasteiger partial charge < -0.3 is 5.73 Å². The third-order valence-electron chi connectivity index (χ3n) is 1.09. The van der Waals surface area contributed by atoms with E-state index in [-0.39, 0.29) is 0 Å². The van der Waals surface area contributed by atoms with Crippen LogP contribution >= 0.6 is 11.8 Å². The fraction of sp³-hybridized carbons (Fsp3) is 0.143. The molecule has 1 rings (SSSR count). The number of amidine groups is 1. The minimum Gasteiger partial charge on any atom is -0.378 e. The Morgan fingerprint density at radius 1 is 1.55 bits per heavy atom. The molecule has 58 valence electrons. The van der Waals surface area contributed by atoms with E-state index in [9.17, 15) is 0 Å². The van der Waals surface area contributed by atoms with Gasteiger partial charge in [-0.1, -0.05) is 11.8 Å². The van der Waals surface area contributed by atoms with E-state index < -0.39 is 0 Å². The van der Waals surface area contributed by atoms with Crippen LogP contribution in [0.25, 0.3) is 0 Å². The van der Waals surface area contributed by atoms with E-state index in [0.717, 1.165) is 4.90 Å². The maximum atomic E-state index is 5.50. The highest BCUT2D eigenvalue weighted by molar-refractivity contribution is 8.13. The number of nitrogens with two attached hydrogens (primary N) is 1. The normalized spacial score (nSPS) is 11.5. The van der Waals surface area contributed by atoms with E-state index in [2.05, 4.69) is 9.98 Å². The number of hydrogen-bond donors (Lipinski definition) is 1. The molecule has 4 heteroatoms. The van der Waals surface area contributed by atoms with Gasteiger partial charge in [-0.2, -0.15) is 0 Å². The minimum atomic E-state index is 0.566. The molecule has 0 saturated heterocycles. The molecule has 0 aliphatic rings. The fourth-order valence-electron chi connectivity index (χ4n) is 0.573. The van der Waals surface area contributed by atoms with Crippen LogP contribution in [-0.4, -0.2) is 17.2 Å². The molecular formula is C7H9N3S. The van der Waals surface area contributed by atoms with Gasteiger partial charge in [-0.15, -0.1) is 0 Å². The van der Waals surface area contributed by atoms with Crippen molar-refractivity contribution < 1.29 is 0 Å². The summed E-state index contributed by atoms with van der Waals surface area (Å²) in [6.07, 6.45) is 3.45. The maximum Gasteiger partial charge on any atom is 0.158 e. The average Bonchev–Trinajstić information content (AvgIpc) is 2.06. The van der Waals surface area contributed by atoms with Crippen molar-refractivity contribution in [2.45, 2.75) is 4.90 Å². The number of hydrogen-bond acceptors (Lipinski definition) is 3. The Kier molecular flexibility index (Phi) is 2.92. The second kappa shape index (κ2) is 3.98. The van der Waals surface area contributed by atoms with Gasteiger partial charge in [0.2, 0.25) is 0 Å². The molecular weight excluding hydrogens is 158 g/mol. The number of nitrogens with zero attached hydrogens (tertiary/aromatic N) is 2. The number of rotatable bonds is 1. The van der Waals surface area contributed by atoms with Crippen LogP contribution in [0.2, 0.25) is 0 Å². The lowest BCUT2D eigenvalue weighted by Crippen LogP contribution is -2.04. The van der Waals surface area contributed by atoms with E-state index in [4.69, 9.17) is 5.73 Å². The molecule has 3 nitrogen and oxygen atoms in total. The summed E-state index contributed by atoms with van der Waals surface area (Å²) in [5, 5.41) is 0.566. The van der Waals surface area contributed by atoms with Crippen molar-refractivity contribution in [2.75, 3.05) is 7.05 Å². The first-order chi connectivity index (χ1) is 5.33. The molecule has 0 aliphatic carbocycles. The van der Waals surface area contributed by atoms with Crippen LogP contribution < -0.4 is 5.73 Å². The molecule has 0 saturated carbocycles. The van der Waals surface area contributed by atoms with Crippen molar-refractivity contribution in [3.63, 3.8) is 0 Å². The molecule has 0 fully saturated rings. The van der Waals surface area contributed by atoms with Gasteiger partial charge in [0, 0.05) is 24.3 Å². The molecule has 1 aromatic heterocycles.